The van der Waals surface area contributed by atoms with E-state index in [2.05, 4.69) is 6.92 Å². The Labute approximate surface area is 165 Å². The zero-order chi connectivity index (χ0) is 20.3. The zero-order valence-electron chi connectivity index (χ0n) is 16.1. The van der Waals surface area contributed by atoms with Gasteiger partial charge in [0.15, 0.2) is 0 Å². The van der Waals surface area contributed by atoms with Gasteiger partial charge in [-0.25, -0.2) is 12.8 Å². The van der Waals surface area contributed by atoms with Crippen molar-refractivity contribution >= 4 is 21.6 Å². The van der Waals surface area contributed by atoms with Crippen molar-refractivity contribution in [2.75, 3.05) is 23.7 Å². The Balaban J connectivity index is 1.82. The third-order valence-corrected chi connectivity index (χ3v) is 6.16. The van der Waals surface area contributed by atoms with Crippen molar-refractivity contribution in [1.29, 1.82) is 0 Å². The summed E-state index contributed by atoms with van der Waals surface area (Å²) in [4.78, 5) is 14.5. The van der Waals surface area contributed by atoms with Crippen LogP contribution in [0.25, 0.3) is 0 Å². The summed E-state index contributed by atoms with van der Waals surface area (Å²) in [5, 5.41) is 0. The van der Waals surface area contributed by atoms with Gasteiger partial charge in [0.25, 0.3) is 5.91 Å². The van der Waals surface area contributed by atoms with E-state index in [-0.39, 0.29) is 18.0 Å². The predicted octanol–water partition coefficient (Wildman–Crippen LogP) is 3.66. The molecule has 1 fully saturated rings. The number of carbonyl (C=O) groups excluding carboxylic acids is 1. The van der Waals surface area contributed by atoms with Gasteiger partial charge in [0.2, 0.25) is 10.0 Å². The summed E-state index contributed by atoms with van der Waals surface area (Å²) in [7, 11) is -3.62. The number of nitrogens with zero attached hydrogens (tertiary/aromatic N) is 2. The van der Waals surface area contributed by atoms with Gasteiger partial charge in [-0.2, -0.15) is 0 Å². The molecule has 28 heavy (non-hydrogen) atoms. The molecule has 0 aliphatic carbocycles. The molecular weight excluding hydrogens is 379 g/mol. The molecule has 0 N–H and O–H groups in total. The van der Waals surface area contributed by atoms with E-state index in [9.17, 15) is 17.6 Å². The van der Waals surface area contributed by atoms with E-state index in [0.29, 0.717) is 17.2 Å². The van der Waals surface area contributed by atoms with Gasteiger partial charge >= 0.3 is 0 Å². The molecule has 7 heteroatoms. The molecule has 2 aromatic rings. The molecule has 1 atom stereocenters. The van der Waals surface area contributed by atoms with Gasteiger partial charge < -0.3 is 4.90 Å². The molecule has 0 radical (unpaired) electrons. The molecule has 0 saturated carbocycles. The van der Waals surface area contributed by atoms with Crippen LogP contribution in [-0.4, -0.2) is 38.6 Å². The van der Waals surface area contributed by atoms with Crippen molar-refractivity contribution in [2.45, 2.75) is 26.3 Å². The van der Waals surface area contributed by atoms with E-state index < -0.39 is 15.8 Å². The minimum Gasteiger partial charge on any atom is -0.338 e. The highest BCUT2D eigenvalue weighted by atomic mass is 32.2. The number of anilines is 1. The van der Waals surface area contributed by atoms with Gasteiger partial charge in [0, 0.05) is 24.2 Å². The first-order valence-corrected chi connectivity index (χ1v) is 11.2. The molecule has 1 saturated heterocycles. The Morgan fingerprint density at radius 3 is 2.46 bits per heavy atom. The summed E-state index contributed by atoms with van der Waals surface area (Å²) in [5.74, 6) is -0.0151. The Kier molecular flexibility index (Phi) is 6.03. The number of amides is 1. The average Bonchev–Trinajstić information content (AvgIpc) is 2.66. The van der Waals surface area contributed by atoms with Crippen molar-refractivity contribution in [3.05, 3.63) is 65.5 Å². The van der Waals surface area contributed by atoms with Crippen LogP contribution in [0.5, 0.6) is 0 Å². The van der Waals surface area contributed by atoms with Gasteiger partial charge in [-0.15, -0.1) is 0 Å². The third kappa shape index (κ3) is 4.70. The topological polar surface area (TPSA) is 57.7 Å². The van der Waals surface area contributed by atoms with Crippen LogP contribution in [0.15, 0.2) is 48.5 Å². The summed E-state index contributed by atoms with van der Waals surface area (Å²) < 4.78 is 39.7. The number of piperidine rings is 1. The Bertz CT molecular complexity index is 944. The number of halogens is 1. The number of hydrogen-bond donors (Lipinski definition) is 0. The number of rotatable bonds is 5. The van der Waals surface area contributed by atoms with Crippen LogP contribution in [0.4, 0.5) is 10.1 Å². The molecule has 150 valence electrons. The van der Waals surface area contributed by atoms with Gasteiger partial charge in [-0.1, -0.05) is 25.1 Å². The second kappa shape index (κ2) is 8.31. The van der Waals surface area contributed by atoms with Crippen molar-refractivity contribution in [1.82, 2.24) is 4.90 Å². The second-order valence-electron chi connectivity index (χ2n) is 7.41. The summed E-state index contributed by atoms with van der Waals surface area (Å²) >= 11 is 0. The first kappa shape index (κ1) is 20.3. The number of carbonyl (C=O) groups is 1. The standard InChI is InChI=1S/C21H25FN2O3S/c1-16-6-5-13-23(14-16)21(25)17-9-11-19(12-10-17)24(28(2,26)27)15-18-7-3-4-8-20(18)22/h3-4,7-12,16H,5-6,13-15H2,1-2H3/t16-/m0/s1. The van der Waals surface area contributed by atoms with Gasteiger partial charge in [-0.3, -0.25) is 9.10 Å². The maximum atomic E-state index is 14.0. The van der Waals surface area contributed by atoms with E-state index in [1.54, 1.807) is 42.5 Å². The van der Waals surface area contributed by atoms with Crippen molar-refractivity contribution in [3.63, 3.8) is 0 Å². The Morgan fingerprint density at radius 1 is 1.18 bits per heavy atom. The molecule has 1 amide bonds. The highest BCUT2D eigenvalue weighted by molar-refractivity contribution is 7.92. The largest absolute Gasteiger partial charge is 0.338 e. The molecule has 0 spiro atoms. The molecule has 1 aliphatic heterocycles. The second-order valence-corrected chi connectivity index (χ2v) is 9.31. The zero-order valence-corrected chi connectivity index (χ0v) is 17.0. The number of likely N-dealkylation sites (tertiary alicyclic amines) is 1. The summed E-state index contributed by atoms with van der Waals surface area (Å²) in [5.41, 5.74) is 1.21. The number of benzene rings is 2. The van der Waals surface area contributed by atoms with Crippen LogP contribution < -0.4 is 4.31 Å². The molecule has 0 bridgehead atoms. The summed E-state index contributed by atoms with van der Waals surface area (Å²) in [6.07, 6.45) is 3.21. The van der Waals surface area contributed by atoms with E-state index >= 15 is 0 Å². The van der Waals surface area contributed by atoms with Gasteiger partial charge in [-0.05, 0) is 49.1 Å². The minimum atomic E-state index is -3.62. The molecule has 0 aromatic heterocycles. The fraction of sp³-hybridized carbons (Fsp3) is 0.381. The van der Waals surface area contributed by atoms with Gasteiger partial charge in [0.1, 0.15) is 5.82 Å². The minimum absolute atomic E-state index is 0.0434. The highest BCUT2D eigenvalue weighted by Crippen LogP contribution is 2.24. The fourth-order valence-corrected chi connectivity index (χ4v) is 4.39. The predicted molar refractivity (Wildman–Crippen MR) is 108 cm³/mol. The van der Waals surface area contributed by atoms with Crippen LogP contribution in [0.3, 0.4) is 0 Å². The fourth-order valence-electron chi connectivity index (χ4n) is 3.51. The van der Waals surface area contributed by atoms with Crippen LogP contribution in [0.2, 0.25) is 0 Å². The van der Waals surface area contributed by atoms with Crippen LogP contribution in [0.1, 0.15) is 35.7 Å². The first-order valence-electron chi connectivity index (χ1n) is 9.36. The van der Waals surface area contributed by atoms with Gasteiger partial charge in [0.05, 0.1) is 18.5 Å². The molecule has 1 aliphatic rings. The van der Waals surface area contributed by atoms with E-state index in [1.807, 2.05) is 4.90 Å². The van der Waals surface area contributed by atoms with E-state index in [1.165, 1.54) is 6.07 Å². The normalized spacial score (nSPS) is 17.4. The lowest BCUT2D eigenvalue weighted by Crippen LogP contribution is -2.39. The summed E-state index contributed by atoms with van der Waals surface area (Å²) in [6, 6.07) is 12.6. The van der Waals surface area contributed by atoms with Crippen LogP contribution in [-0.2, 0) is 16.6 Å². The van der Waals surface area contributed by atoms with E-state index in [0.717, 1.165) is 36.5 Å². The van der Waals surface area contributed by atoms with Crippen molar-refractivity contribution in [2.24, 2.45) is 5.92 Å². The lowest BCUT2D eigenvalue weighted by molar-refractivity contribution is 0.0683. The quantitative estimate of drug-likeness (QED) is 0.764. The lowest BCUT2D eigenvalue weighted by Gasteiger charge is -2.31. The maximum absolute atomic E-state index is 14.0. The number of hydrogen-bond acceptors (Lipinski definition) is 3. The van der Waals surface area contributed by atoms with Crippen molar-refractivity contribution < 1.29 is 17.6 Å². The lowest BCUT2D eigenvalue weighted by atomic mass is 9.99. The molecule has 2 aromatic carbocycles. The highest BCUT2D eigenvalue weighted by Gasteiger charge is 2.23. The molecule has 1 heterocycles. The number of sulfonamides is 1. The van der Waals surface area contributed by atoms with Crippen LogP contribution in [0, 0.1) is 11.7 Å². The maximum Gasteiger partial charge on any atom is 0.253 e. The third-order valence-electron chi connectivity index (χ3n) is 5.02. The average molecular weight is 405 g/mol. The Morgan fingerprint density at radius 2 is 1.86 bits per heavy atom. The van der Waals surface area contributed by atoms with Crippen molar-refractivity contribution in [3.8, 4) is 0 Å². The SMILES string of the molecule is C[C@H]1CCCN(C(=O)c2ccc(N(Cc3ccccc3F)S(C)(=O)=O)cc2)C1. The Hall–Kier alpha value is -2.41. The first-order chi connectivity index (χ1) is 13.3. The summed E-state index contributed by atoms with van der Waals surface area (Å²) in [6.45, 7) is 3.51. The smallest absolute Gasteiger partial charge is 0.253 e. The van der Waals surface area contributed by atoms with Crippen LogP contribution >= 0.6 is 0 Å². The molecule has 5 nitrogen and oxygen atoms in total. The molecule has 3 rings (SSSR count). The van der Waals surface area contributed by atoms with E-state index in [4.69, 9.17) is 0 Å². The monoisotopic (exact) mass is 404 g/mol. The molecule has 0 unspecified atom stereocenters. The molecular formula is C21H25FN2O3S.